The quantitative estimate of drug-likeness (QED) is 0.468. The number of hydrogen-bond acceptors (Lipinski definition) is 7. The smallest absolute Gasteiger partial charge is 0.347 e. The Bertz CT molecular complexity index is 763. The van der Waals surface area contributed by atoms with Gasteiger partial charge in [0.15, 0.2) is 5.71 Å². The number of fused-ring (bicyclic) bond motifs is 1. The van der Waals surface area contributed by atoms with Crippen molar-refractivity contribution >= 4 is 17.6 Å². The fourth-order valence-electron chi connectivity index (χ4n) is 2.44. The van der Waals surface area contributed by atoms with Gasteiger partial charge in [-0.05, 0) is 24.6 Å². The molecule has 0 bridgehead atoms. The second kappa shape index (κ2) is 7.56. The average molecular weight is 343 g/mol. The molecule has 1 aliphatic heterocycles. The third-order valence-corrected chi connectivity index (χ3v) is 3.58. The van der Waals surface area contributed by atoms with E-state index in [2.05, 4.69) is 20.3 Å². The SMILES string of the molecule is CCOC(=O)CON=C(C(=O)N1Cc2cccnc2C1)c1ccn[nH]1. The lowest BCUT2D eigenvalue weighted by molar-refractivity contribution is -0.148. The van der Waals surface area contributed by atoms with E-state index in [1.807, 2.05) is 12.1 Å². The zero-order valence-corrected chi connectivity index (χ0v) is 13.6. The van der Waals surface area contributed by atoms with E-state index in [0.29, 0.717) is 18.8 Å². The number of esters is 1. The first-order valence-corrected chi connectivity index (χ1v) is 7.76. The third kappa shape index (κ3) is 3.82. The molecule has 1 aliphatic rings. The number of nitrogens with zero attached hydrogens (tertiary/aromatic N) is 4. The van der Waals surface area contributed by atoms with Gasteiger partial charge in [-0.25, -0.2) is 4.79 Å². The summed E-state index contributed by atoms with van der Waals surface area (Å²) >= 11 is 0. The molecule has 0 saturated heterocycles. The van der Waals surface area contributed by atoms with Crippen LogP contribution in [0.4, 0.5) is 0 Å². The van der Waals surface area contributed by atoms with Crippen molar-refractivity contribution in [2.75, 3.05) is 13.2 Å². The minimum Gasteiger partial charge on any atom is -0.463 e. The summed E-state index contributed by atoms with van der Waals surface area (Å²) in [5.74, 6) is -0.897. The Morgan fingerprint density at radius 1 is 1.32 bits per heavy atom. The van der Waals surface area contributed by atoms with Crippen molar-refractivity contribution in [3.63, 3.8) is 0 Å². The molecule has 3 rings (SSSR count). The average Bonchev–Trinajstić information content (AvgIpc) is 3.27. The topological polar surface area (TPSA) is 110 Å². The summed E-state index contributed by atoms with van der Waals surface area (Å²) < 4.78 is 4.76. The second-order valence-electron chi connectivity index (χ2n) is 5.26. The van der Waals surface area contributed by atoms with Crippen LogP contribution in [0.3, 0.4) is 0 Å². The van der Waals surface area contributed by atoms with E-state index < -0.39 is 5.97 Å². The molecule has 1 amide bonds. The number of pyridine rings is 1. The minimum absolute atomic E-state index is 0.0367. The summed E-state index contributed by atoms with van der Waals surface area (Å²) in [5.41, 5.74) is 2.28. The number of carbonyl (C=O) groups excluding carboxylic acids is 2. The molecule has 2 aromatic rings. The van der Waals surface area contributed by atoms with Crippen LogP contribution in [0, 0.1) is 0 Å². The molecule has 0 aromatic carbocycles. The summed E-state index contributed by atoms with van der Waals surface area (Å²) in [6.45, 7) is 2.39. The maximum atomic E-state index is 12.8. The molecule has 0 fully saturated rings. The maximum Gasteiger partial charge on any atom is 0.347 e. The van der Waals surface area contributed by atoms with Gasteiger partial charge in [0.25, 0.3) is 5.91 Å². The number of carbonyl (C=O) groups is 2. The highest BCUT2D eigenvalue weighted by atomic mass is 16.7. The number of aromatic amines is 1. The first-order chi connectivity index (χ1) is 12.2. The largest absolute Gasteiger partial charge is 0.463 e. The lowest BCUT2D eigenvalue weighted by Gasteiger charge is -2.15. The standard InChI is InChI=1S/C16H17N5O4/c1-2-24-14(22)10-25-20-15(12-5-7-18-19-12)16(23)21-8-11-4-3-6-17-13(11)9-21/h3-7H,2,8-10H2,1H3,(H,18,19). The van der Waals surface area contributed by atoms with Gasteiger partial charge in [-0.1, -0.05) is 11.2 Å². The fourth-order valence-corrected chi connectivity index (χ4v) is 2.44. The van der Waals surface area contributed by atoms with Gasteiger partial charge in [0.05, 0.1) is 24.5 Å². The van der Waals surface area contributed by atoms with Gasteiger partial charge in [0, 0.05) is 18.9 Å². The minimum atomic E-state index is -0.555. The van der Waals surface area contributed by atoms with E-state index >= 15 is 0 Å². The summed E-state index contributed by atoms with van der Waals surface area (Å²) in [4.78, 5) is 35.1. The molecule has 0 saturated carbocycles. The van der Waals surface area contributed by atoms with Crippen molar-refractivity contribution in [3.05, 3.63) is 47.5 Å². The molecule has 2 aromatic heterocycles. The molecule has 0 unspecified atom stereocenters. The number of oxime groups is 1. The number of aromatic nitrogens is 3. The number of hydrogen-bond donors (Lipinski definition) is 1. The number of H-pyrrole nitrogens is 1. The number of ether oxygens (including phenoxy) is 1. The highest BCUT2D eigenvalue weighted by Crippen LogP contribution is 2.21. The van der Waals surface area contributed by atoms with E-state index in [-0.39, 0.29) is 24.8 Å². The zero-order valence-electron chi connectivity index (χ0n) is 13.6. The van der Waals surface area contributed by atoms with E-state index in [0.717, 1.165) is 11.3 Å². The van der Waals surface area contributed by atoms with Crippen molar-refractivity contribution in [1.82, 2.24) is 20.1 Å². The lowest BCUT2D eigenvalue weighted by atomic mass is 10.2. The van der Waals surface area contributed by atoms with Gasteiger partial charge in [0.2, 0.25) is 6.61 Å². The van der Waals surface area contributed by atoms with Gasteiger partial charge in [-0.15, -0.1) is 0 Å². The Hall–Kier alpha value is -3.23. The predicted octanol–water partition coefficient (Wildman–Crippen LogP) is 0.631. The van der Waals surface area contributed by atoms with Crippen LogP contribution in [0.2, 0.25) is 0 Å². The highest BCUT2D eigenvalue weighted by molar-refractivity contribution is 6.44. The molecule has 0 radical (unpaired) electrons. The van der Waals surface area contributed by atoms with Crippen LogP contribution in [0.5, 0.6) is 0 Å². The molecule has 3 heterocycles. The van der Waals surface area contributed by atoms with Crippen molar-refractivity contribution in [1.29, 1.82) is 0 Å². The van der Waals surface area contributed by atoms with Crippen LogP contribution in [0.15, 0.2) is 35.7 Å². The summed E-state index contributed by atoms with van der Waals surface area (Å²) in [5, 5.41) is 10.3. The predicted molar refractivity (Wildman–Crippen MR) is 86.2 cm³/mol. The van der Waals surface area contributed by atoms with E-state index in [4.69, 9.17) is 9.57 Å². The molecule has 25 heavy (non-hydrogen) atoms. The Labute approximate surface area is 143 Å². The summed E-state index contributed by atoms with van der Waals surface area (Å²) in [6, 6.07) is 5.37. The number of amides is 1. The van der Waals surface area contributed by atoms with Crippen molar-refractivity contribution in [2.45, 2.75) is 20.0 Å². The fraction of sp³-hybridized carbons (Fsp3) is 0.312. The second-order valence-corrected chi connectivity index (χ2v) is 5.26. The van der Waals surface area contributed by atoms with E-state index in [1.54, 1.807) is 24.1 Å². The molecule has 9 nitrogen and oxygen atoms in total. The Balaban J connectivity index is 1.74. The molecule has 130 valence electrons. The van der Waals surface area contributed by atoms with Crippen LogP contribution < -0.4 is 0 Å². The Morgan fingerprint density at radius 2 is 2.20 bits per heavy atom. The van der Waals surface area contributed by atoms with E-state index in [1.165, 1.54) is 6.20 Å². The Morgan fingerprint density at radius 3 is 2.92 bits per heavy atom. The van der Waals surface area contributed by atoms with Crippen molar-refractivity contribution in [3.8, 4) is 0 Å². The van der Waals surface area contributed by atoms with E-state index in [9.17, 15) is 9.59 Å². The summed E-state index contributed by atoms with van der Waals surface area (Å²) in [7, 11) is 0. The lowest BCUT2D eigenvalue weighted by Crippen LogP contribution is -2.33. The summed E-state index contributed by atoms with van der Waals surface area (Å²) in [6.07, 6.45) is 3.20. The number of nitrogens with one attached hydrogen (secondary N) is 1. The van der Waals surface area contributed by atoms with Crippen LogP contribution >= 0.6 is 0 Å². The monoisotopic (exact) mass is 343 g/mol. The Kier molecular flexibility index (Phi) is 5.03. The van der Waals surface area contributed by atoms with Gasteiger partial charge >= 0.3 is 5.97 Å². The first-order valence-electron chi connectivity index (χ1n) is 7.76. The van der Waals surface area contributed by atoms with Gasteiger partial charge in [-0.3, -0.25) is 14.9 Å². The van der Waals surface area contributed by atoms with Crippen LogP contribution in [-0.4, -0.2) is 50.9 Å². The van der Waals surface area contributed by atoms with Crippen LogP contribution in [0.25, 0.3) is 0 Å². The molecule has 9 heteroatoms. The normalized spacial score (nSPS) is 13.5. The van der Waals surface area contributed by atoms with Crippen LogP contribution in [-0.2, 0) is 32.3 Å². The molecule has 0 spiro atoms. The first kappa shape index (κ1) is 16.6. The zero-order chi connectivity index (χ0) is 17.6. The maximum absolute atomic E-state index is 12.8. The molecular weight excluding hydrogens is 326 g/mol. The van der Waals surface area contributed by atoms with Gasteiger partial charge in [-0.2, -0.15) is 5.10 Å². The highest BCUT2D eigenvalue weighted by Gasteiger charge is 2.29. The van der Waals surface area contributed by atoms with Crippen molar-refractivity contribution in [2.24, 2.45) is 5.16 Å². The molecule has 0 atom stereocenters. The molecule has 1 N–H and O–H groups in total. The third-order valence-electron chi connectivity index (χ3n) is 3.58. The molecular formula is C16H17N5O4. The van der Waals surface area contributed by atoms with Crippen LogP contribution in [0.1, 0.15) is 23.9 Å². The van der Waals surface area contributed by atoms with Crippen molar-refractivity contribution < 1.29 is 19.2 Å². The molecule has 0 aliphatic carbocycles. The van der Waals surface area contributed by atoms with Gasteiger partial charge < -0.3 is 14.5 Å². The number of rotatable bonds is 6. The van der Waals surface area contributed by atoms with Gasteiger partial charge in [0.1, 0.15) is 0 Å².